The highest BCUT2D eigenvalue weighted by Crippen LogP contribution is 2.39. The van der Waals surface area contributed by atoms with Gasteiger partial charge >= 0.3 is 0 Å². The summed E-state index contributed by atoms with van der Waals surface area (Å²) >= 11 is 0. The maximum atomic E-state index is 5.14. The predicted octanol–water partition coefficient (Wildman–Crippen LogP) is 9.01. The Hall–Kier alpha value is -5.94. The van der Waals surface area contributed by atoms with Gasteiger partial charge in [-0.15, -0.1) is 0 Å². The number of hydrogen-bond donors (Lipinski definition) is 0. The van der Waals surface area contributed by atoms with Crippen molar-refractivity contribution in [3.63, 3.8) is 0 Å². The molecule has 0 N–H and O–H groups in total. The van der Waals surface area contributed by atoms with Crippen LogP contribution in [0.1, 0.15) is 0 Å². The summed E-state index contributed by atoms with van der Waals surface area (Å²) < 4.78 is 2.16. The fraction of sp³-hybridized carbons (Fsp3) is 0. The van der Waals surface area contributed by atoms with Crippen LogP contribution in [0.3, 0.4) is 0 Å². The molecule has 202 valence electrons. The van der Waals surface area contributed by atoms with E-state index in [1.807, 2.05) is 84.9 Å². The van der Waals surface area contributed by atoms with E-state index in [1.54, 1.807) is 0 Å². The van der Waals surface area contributed by atoms with Crippen molar-refractivity contribution >= 4 is 16.4 Å². The van der Waals surface area contributed by atoms with Crippen LogP contribution < -0.4 is 0 Å². The highest BCUT2D eigenvalue weighted by molar-refractivity contribution is 6.05. The molecule has 5 heteroatoms. The highest BCUT2D eigenvalue weighted by atomic mass is 15.0. The fourth-order valence-electron chi connectivity index (χ4n) is 5.69. The standard InChI is InChI=1S/C38H25N5/c1-4-14-26(15-5-1)35-34(39-33-22-12-13-25-43(33)35)31-23-24-32(30-21-11-10-20-29(30)31)38-41-36(27-16-6-2-7-17-27)40-37(42-38)28-18-8-3-9-19-28/h1-25H. The summed E-state index contributed by atoms with van der Waals surface area (Å²) in [5.41, 5.74) is 7.91. The lowest BCUT2D eigenvalue weighted by molar-refractivity contribution is 1.08. The molecule has 8 aromatic rings. The van der Waals surface area contributed by atoms with Crippen LogP contribution >= 0.6 is 0 Å². The van der Waals surface area contributed by atoms with Gasteiger partial charge in [-0.25, -0.2) is 19.9 Å². The minimum atomic E-state index is 0.633. The molecule has 8 rings (SSSR count). The Morgan fingerprint density at radius 2 is 0.860 bits per heavy atom. The third-order valence-corrected chi connectivity index (χ3v) is 7.70. The van der Waals surface area contributed by atoms with Gasteiger partial charge in [0.1, 0.15) is 5.65 Å². The van der Waals surface area contributed by atoms with Gasteiger partial charge in [-0.05, 0) is 29.0 Å². The zero-order valence-electron chi connectivity index (χ0n) is 23.2. The van der Waals surface area contributed by atoms with Gasteiger partial charge in [0.2, 0.25) is 0 Å². The molecule has 43 heavy (non-hydrogen) atoms. The Morgan fingerprint density at radius 3 is 1.49 bits per heavy atom. The molecule has 0 unspecified atom stereocenters. The Labute approximate surface area is 248 Å². The van der Waals surface area contributed by atoms with Crippen LogP contribution in [0.4, 0.5) is 0 Å². The zero-order valence-corrected chi connectivity index (χ0v) is 23.2. The van der Waals surface area contributed by atoms with Gasteiger partial charge in [0.25, 0.3) is 0 Å². The normalized spacial score (nSPS) is 11.3. The van der Waals surface area contributed by atoms with Gasteiger partial charge in [-0.3, -0.25) is 4.40 Å². The van der Waals surface area contributed by atoms with E-state index in [9.17, 15) is 0 Å². The van der Waals surface area contributed by atoms with E-state index in [-0.39, 0.29) is 0 Å². The maximum Gasteiger partial charge on any atom is 0.164 e. The van der Waals surface area contributed by atoms with E-state index >= 15 is 0 Å². The molecule has 0 aliphatic heterocycles. The molecule has 0 atom stereocenters. The van der Waals surface area contributed by atoms with Gasteiger partial charge < -0.3 is 0 Å². The molecule has 3 aromatic heterocycles. The number of imidazole rings is 1. The molecule has 0 amide bonds. The summed E-state index contributed by atoms with van der Waals surface area (Å²) in [6.07, 6.45) is 2.08. The lowest BCUT2D eigenvalue weighted by atomic mass is 9.95. The molecule has 0 aliphatic rings. The first-order chi connectivity index (χ1) is 21.3. The molecule has 5 nitrogen and oxygen atoms in total. The summed E-state index contributed by atoms with van der Waals surface area (Å²) in [6.45, 7) is 0. The SMILES string of the molecule is c1ccc(-c2nc(-c3ccccc3)nc(-c3ccc(-c4nc5ccccn5c4-c4ccccc4)c4ccccc34)n2)cc1. The molecular weight excluding hydrogens is 526 g/mol. The van der Waals surface area contributed by atoms with Gasteiger partial charge in [-0.1, -0.05) is 127 Å². The van der Waals surface area contributed by atoms with Gasteiger partial charge in [0.15, 0.2) is 17.5 Å². The van der Waals surface area contributed by atoms with E-state index in [0.717, 1.165) is 55.6 Å². The Morgan fingerprint density at radius 1 is 0.372 bits per heavy atom. The molecule has 5 aromatic carbocycles. The lowest BCUT2D eigenvalue weighted by Gasteiger charge is -2.13. The summed E-state index contributed by atoms with van der Waals surface area (Å²) in [6, 6.07) is 49.4. The number of rotatable bonds is 5. The second-order valence-electron chi connectivity index (χ2n) is 10.3. The van der Waals surface area contributed by atoms with Gasteiger partial charge in [0, 0.05) is 34.0 Å². The summed E-state index contributed by atoms with van der Waals surface area (Å²) in [4.78, 5) is 20.0. The van der Waals surface area contributed by atoms with Crippen LogP contribution in [0.25, 0.3) is 73.1 Å². The van der Waals surface area contributed by atoms with Crippen LogP contribution in [0, 0.1) is 0 Å². The van der Waals surface area contributed by atoms with Gasteiger partial charge in [-0.2, -0.15) is 0 Å². The largest absolute Gasteiger partial charge is 0.299 e. The molecule has 0 saturated heterocycles. The van der Waals surface area contributed by atoms with Gasteiger partial charge in [0.05, 0.1) is 11.4 Å². The third kappa shape index (κ3) is 4.44. The second kappa shape index (κ2) is 10.5. The summed E-state index contributed by atoms with van der Waals surface area (Å²) in [5.74, 6) is 1.92. The van der Waals surface area contributed by atoms with Crippen molar-refractivity contribution in [1.29, 1.82) is 0 Å². The van der Waals surface area contributed by atoms with Crippen molar-refractivity contribution in [2.45, 2.75) is 0 Å². The summed E-state index contributed by atoms with van der Waals surface area (Å²) in [5, 5.41) is 2.14. The number of hydrogen-bond acceptors (Lipinski definition) is 4. The molecule has 0 fully saturated rings. The van der Waals surface area contributed by atoms with Crippen molar-refractivity contribution in [3.05, 3.63) is 152 Å². The minimum absolute atomic E-state index is 0.633. The van der Waals surface area contributed by atoms with Crippen molar-refractivity contribution < 1.29 is 0 Å². The third-order valence-electron chi connectivity index (χ3n) is 7.70. The smallest absolute Gasteiger partial charge is 0.164 e. The predicted molar refractivity (Wildman–Crippen MR) is 173 cm³/mol. The van der Waals surface area contributed by atoms with Crippen LogP contribution in [0.5, 0.6) is 0 Å². The topological polar surface area (TPSA) is 56.0 Å². The monoisotopic (exact) mass is 551 g/mol. The number of nitrogens with zero attached hydrogens (tertiary/aromatic N) is 5. The van der Waals surface area contributed by atoms with Crippen LogP contribution in [-0.2, 0) is 0 Å². The molecule has 0 bridgehead atoms. The molecule has 0 spiro atoms. The van der Waals surface area contributed by atoms with E-state index in [4.69, 9.17) is 19.9 Å². The first kappa shape index (κ1) is 24.8. The van der Waals surface area contributed by atoms with Crippen molar-refractivity contribution in [2.24, 2.45) is 0 Å². The van der Waals surface area contributed by atoms with E-state index < -0.39 is 0 Å². The number of pyridine rings is 1. The van der Waals surface area contributed by atoms with Crippen molar-refractivity contribution in [3.8, 4) is 56.7 Å². The average Bonchev–Trinajstić information content (AvgIpc) is 3.48. The lowest BCUT2D eigenvalue weighted by Crippen LogP contribution is -2.00. The second-order valence-corrected chi connectivity index (χ2v) is 10.3. The summed E-state index contributed by atoms with van der Waals surface area (Å²) in [7, 11) is 0. The van der Waals surface area contributed by atoms with E-state index in [1.165, 1.54) is 0 Å². The Bertz CT molecular complexity index is 2170. The average molecular weight is 552 g/mol. The molecule has 3 heterocycles. The zero-order chi connectivity index (χ0) is 28.6. The van der Waals surface area contributed by atoms with E-state index in [0.29, 0.717) is 17.5 Å². The molecule has 0 aliphatic carbocycles. The first-order valence-electron chi connectivity index (χ1n) is 14.3. The quantitative estimate of drug-likeness (QED) is 0.214. The maximum absolute atomic E-state index is 5.14. The van der Waals surface area contributed by atoms with Crippen LogP contribution in [0.2, 0.25) is 0 Å². The molecule has 0 saturated carbocycles. The Balaban J connectivity index is 1.37. The number of aromatic nitrogens is 5. The van der Waals surface area contributed by atoms with E-state index in [2.05, 4.69) is 71.3 Å². The van der Waals surface area contributed by atoms with Crippen LogP contribution in [-0.4, -0.2) is 24.3 Å². The number of benzene rings is 5. The number of fused-ring (bicyclic) bond motifs is 2. The highest BCUT2D eigenvalue weighted by Gasteiger charge is 2.20. The molecule has 0 radical (unpaired) electrons. The van der Waals surface area contributed by atoms with Crippen LogP contribution in [0.15, 0.2) is 152 Å². The fourth-order valence-corrected chi connectivity index (χ4v) is 5.69. The van der Waals surface area contributed by atoms with Crippen molar-refractivity contribution in [1.82, 2.24) is 24.3 Å². The van der Waals surface area contributed by atoms with Crippen molar-refractivity contribution in [2.75, 3.05) is 0 Å². The first-order valence-corrected chi connectivity index (χ1v) is 14.3. The minimum Gasteiger partial charge on any atom is -0.299 e. The Kier molecular flexibility index (Phi) is 6.05. The molecular formula is C38H25N5.